The first-order valence-corrected chi connectivity index (χ1v) is 13.3. The SMILES string of the molecule is Cc1ccc(S(=O)(=O)OS(c2ccccc2)(c2ccccc2)c2ccc(C)cc2C)cc1. The Hall–Kier alpha value is -2.86. The molecule has 0 radical (unpaired) electrons. The highest BCUT2D eigenvalue weighted by Gasteiger charge is 2.39. The summed E-state index contributed by atoms with van der Waals surface area (Å²) < 4.78 is 33.7. The molecule has 0 N–H and O–H groups in total. The lowest BCUT2D eigenvalue weighted by atomic mass is 10.2. The van der Waals surface area contributed by atoms with Crippen molar-refractivity contribution in [1.29, 1.82) is 0 Å². The van der Waals surface area contributed by atoms with Crippen molar-refractivity contribution in [3.8, 4) is 0 Å². The zero-order valence-corrected chi connectivity index (χ0v) is 20.0. The van der Waals surface area contributed by atoms with Gasteiger partial charge in [0, 0.05) is 14.7 Å². The van der Waals surface area contributed by atoms with Crippen LogP contribution in [0.15, 0.2) is 123 Å². The monoisotopic (exact) mass is 462 g/mol. The van der Waals surface area contributed by atoms with Gasteiger partial charge in [0.1, 0.15) is 0 Å². The highest BCUT2D eigenvalue weighted by molar-refractivity contribution is 8.33. The maximum absolute atomic E-state index is 13.7. The van der Waals surface area contributed by atoms with Gasteiger partial charge in [-0.05, 0) is 79.1 Å². The Morgan fingerprint density at radius 3 is 1.56 bits per heavy atom. The summed E-state index contributed by atoms with van der Waals surface area (Å²) in [5.41, 5.74) is 3.09. The molecule has 3 nitrogen and oxygen atoms in total. The first-order chi connectivity index (χ1) is 15.3. The molecule has 0 bridgehead atoms. The Kier molecular flexibility index (Phi) is 6.24. The summed E-state index contributed by atoms with van der Waals surface area (Å²) in [6.07, 6.45) is 0. The van der Waals surface area contributed by atoms with Crippen LogP contribution >= 0.6 is 10.3 Å². The highest BCUT2D eigenvalue weighted by Crippen LogP contribution is 2.71. The standard InChI is InChI=1S/C27H26O3S2/c1-21-14-17-26(18-15-21)32(28,29)30-31(24-10-6-4-7-11-24,25-12-8-5-9-13-25)27-19-16-22(2)20-23(27)3/h4-20H,1-3H3. The second-order valence-electron chi connectivity index (χ2n) is 7.79. The lowest BCUT2D eigenvalue weighted by molar-refractivity contribution is 0.508. The minimum atomic E-state index is -4.07. The largest absolute Gasteiger partial charge is 0.307 e. The van der Waals surface area contributed by atoms with Gasteiger partial charge in [0.25, 0.3) is 0 Å². The molecule has 0 heterocycles. The predicted octanol–water partition coefficient (Wildman–Crippen LogP) is 7.21. The van der Waals surface area contributed by atoms with Crippen molar-refractivity contribution in [3.63, 3.8) is 0 Å². The molecule has 4 aromatic carbocycles. The Morgan fingerprint density at radius 1 is 0.562 bits per heavy atom. The molecule has 0 amide bonds. The van der Waals surface area contributed by atoms with Crippen molar-refractivity contribution in [2.24, 2.45) is 0 Å². The van der Waals surface area contributed by atoms with Crippen LogP contribution in [0.2, 0.25) is 0 Å². The van der Waals surface area contributed by atoms with Crippen molar-refractivity contribution in [2.75, 3.05) is 0 Å². The summed E-state index contributed by atoms with van der Waals surface area (Å²) in [5.74, 6) is 0. The molecule has 4 rings (SSSR count). The molecular formula is C27H26O3S2. The fraction of sp³-hybridized carbons (Fsp3) is 0.111. The van der Waals surface area contributed by atoms with E-state index in [-0.39, 0.29) is 4.90 Å². The zero-order chi connectivity index (χ0) is 22.8. The Balaban J connectivity index is 2.04. The first kappa shape index (κ1) is 22.3. The van der Waals surface area contributed by atoms with Crippen LogP contribution in [0.25, 0.3) is 0 Å². The predicted molar refractivity (Wildman–Crippen MR) is 131 cm³/mol. The van der Waals surface area contributed by atoms with E-state index in [1.165, 1.54) is 0 Å². The lowest BCUT2D eigenvalue weighted by Crippen LogP contribution is -2.15. The van der Waals surface area contributed by atoms with Gasteiger partial charge in [-0.1, -0.05) is 71.8 Å². The average Bonchev–Trinajstić information content (AvgIpc) is 2.79. The highest BCUT2D eigenvalue weighted by atomic mass is 32.3. The summed E-state index contributed by atoms with van der Waals surface area (Å²) in [4.78, 5) is 2.68. The van der Waals surface area contributed by atoms with Gasteiger partial charge in [0.2, 0.25) is 0 Å². The Labute approximate surface area is 192 Å². The summed E-state index contributed by atoms with van der Waals surface area (Å²) in [5, 5.41) is 0. The average molecular weight is 463 g/mol. The number of rotatable bonds is 6. The Bertz CT molecular complexity index is 1280. The second kappa shape index (κ2) is 8.94. The van der Waals surface area contributed by atoms with E-state index in [2.05, 4.69) is 6.07 Å². The van der Waals surface area contributed by atoms with Gasteiger partial charge in [-0.3, -0.25) is 0 Å². The molecule has 0 spiro atoms. The Morgan fingerprint density at radius 2 is 1.06 bits per heavy atom. The molecule has 0 saturated heterocycles. The van der Waals surface area contributed by atoms with Gasteiger partial charge in [-0.2, -0.15) is 8.42 Å². The quantitative estimate of drug-likeness (QED) is 0.304. The van der Waals surface area contributed by atoms with E-state index in [0.717, 1.165) is 31.4 Å². The maximum atomic E-state index is 13.7. The molecule has 32 heavy (non-hydrogen) atoms. The van der Waals surface area contributed by atoms with E-state index in [1.807, 2.05) is 93.6 Å². The van der Waals surface area contributed by atoms with Crippen molar-refractivity contribution in [1.82, 2.24) is 0 Å². The minimum Gasteiger partial charge on any atom is -0.203 e. The van der Waals surface area contributed by atoms with Gasteiger partial charge < -0.3 is 0 Å². The zero-order valence-electron chi connectivity index (χ0n) is 18.4. The van der Waals surface area contributed by atoms with E-state index in [4.69, 9.17) is 3.63 Å². The van der Waals surface area contributed by atoms with E-state index in [1.54, 1.807) is 24.3 Å². The van der Waals surface area contributed by atoms with Crippen molar-refractivity contribution in [2.45, 2.75) is 40.4 Å². The summed E-state index contributed by atoms with van der Waals surface area (Å²) >= 11 is 0. The molecule has 0 fully saturated rings. The van der Waals surface area contributed by atoms with Gasteiger partial charge in [0.05, 0.1) is 4.90 Å². The molecule has 0 unspecified atom stereocenters. The molecular weight excluding hydrogens is 436 g/mol. The van der Waals surface area contributed by atoms with E-state index >= 15 is 0 Å². The van der Waals surface area contributed by atoms with Gasteiger partial charge >= 0.3 is 10.1 Å². The third-order valence-electron chi connectivity index (χ3n) is 5.29. The normalized spacial score (nSPS) is 12.5. The van der Waals surface area contributed by atoms with Crippen LogP contribution in [0.4, 0.5) is 0 Å². The van der Waals surface area contributed by atoms with Crippen LogP contribution < -0.4 is 0 Å². The molecule has 0 aliphatic rings. The van der Waals surface area contributed by atoms with E-state index in [9.17, 15) is 8.42 Å². The van der Waals surface area contributed by atoms with Crippen LogP contribution in [0.1, 0.15) is 16.7 Å². The molecule has 0 aliphatic carbocycles. The number of benzene rings is 4. The molecule has 0 aliphatic heterocycles. The van der Waals surface area contributed by atoms with E-state index in [0.29, 0.717) is 0 Å². The summed E-state index contributed by atoms with van der Waals surface area (Å²) in [6, 6.07) is 32.2. The third-order valence-corrected chi connectivity index (χ3v) is 10.6. The van der Waals surface area contributed by atoms with Crippen LogP contribution in [0, 0.1) is 20.8 Å². The van der Waals surface area contributed by atoms with Gasteiger partial charge in [-0.25, -0.2) is 3.63 Å². The molecule has 4 aromatic rings. The molecule has 0 saturated carbocycles. The summed E-state index contributed by atoms with van der Waals surface area (Å²) in [6.45, 7) is 5.97. The molecule has 164 valence electrons. The smallest absolute Gasteiger partial charge is 0.203 e. The second-order valence-corrected chi connectivity index (χ2v) is 12.2. The van der Waals surface area contributed by atoms with Gasteiger partial charge in [-0.15, -0.1) is 0 Å². The first-order valence-electron chi connectivity index (χ1n) is 10.4. The van der Waals surface area contributed by atoms with Crippen molar-refractivity contribution >= 4 is 20.4 Å². The van der Waals surface area contributed by atoms with Crippen molar-refractivity contribution in [3.05, 3.63) is 120 Å². The summed E-state index contributed by atoms with van der Waals surface area (Å²) in [7, 11) is -6.65. The third kappa shape index (κ3) is 4.24. The molecule has 0 atom stereocenters. The fourth-order valence-electron chi connectivity index (χ4n) is 3.73. The minimum absolute atomic E-state index is 0.150. The van der Waals surface area contributed by atoms with E-state index < -0.39 is 20.4 Å². The van der Waals surface area contributed by atoms with Crippen LogP contribution in [-0.2, 0) is 13.7 Å². The van der Waals surface area contributed by atoms with Crippen LogP contribution in [0.3, 0.4) is 0 Å². The topological polar surface area (TPSA) is 43.4 Å². The number of hydrogen-bond acceptors (Lipinski definition) is 3. The molecule has 0 aromatic heterocycles. The van der Waals surface area contributed by atoms with Crippen LogP contribution in [-0.4, -0.2) is 8.42 Å². The fourth-order valence-corrected chi connectivity index (χ4v) is 9.14. The maximum Gasteiger partial charge on any atom is 0.307 e. The number of hydrogen-bond donors (Lipinski definition) is 0. The van der Waals surface area contributed by atoms with Gasteiger partial charge in [0.15, 0.2) is 0 Å². The lowest BCUT2D eigenvalue weighted by Gasteiger charge is -2.40. The number of aryl methyl sites for hydroxylation is 3. The van der Waals surface area contributed by atoms with Crippen LogP contribution in [0.5, 0.6) is 0 Å². The van der Waals surface area contributed by atoms with Crippen molar-refractivity contribution < 1.29 is 12.0 Å². The molecule has 5 heteroatoms.